The highest BCUT2D eigenvalue weighted by molar-refractivity contribution is 5.73. The highest BCUT2D eigenvalue weighted by Crippen LogP contribution is 2.15. The predicted molar refractivity (Wildman–Crippen MR) is 58.6 cm³/mol. The number of nitro groups is 1. The average Bonchev–Trinajstić information content (AvgIpc) is 2.24. The van der Waals surface area contributed by atoms with E-state index in [1.54, 1.807) is 24.3 Å². The molecule has 0 unspecified atom stereocenters. The molecule has 0 saturated carbocycles. The van der Waals surface area contributed by atoms with Crippen molar-refractivity contribution in [3.8, 4) is 0 Å². The molecule has 1 amide bonds. The number of aromatic nitrogens is 1. The summed E-state index contributed by atoms with van der Waals surface area (Å²) < 4.78 is 0. The zero-order valence-electron chi connectivity index (χ0n) is 8.71. The van der Waals surface area contributed by atoms with Crippen molar-refractivity contribution in [2.45, 2.75) is 6.92 Å². The van der Waals surface area contributed by atoms with Crippen molar-refractivity contribution < 1.29 is 9.72 Å². The lowest BCUT2D eigenvalue weighted by Crippen LogP contribution is -2.19. The molecule has 0 aliphatic rings. The van der Waals surface area contributed by atoms with Gasteiger partial charge in [-0.3, -0.25) is 4.79 Å². The molecule has 1 N–H and O–H groups in total. The second kappa shape index (κ2) is 5.59. The summed E-state index contributed by atoms with van der Waals surface area (Å²) in [7, 11) is 0. The third-order valence-corrected chi connectivity index (χ3v) is 1.76. The number of pyridine rings is 1. The normalized spacial score (nSPS) is 10.3. The Morgan fingerprint density at radius 1 is 1.69 bits per heavy atom. The van der Waals surface area contributed by atoms with Gasteiger partial charge in [0.15, 0.2) is 0 Å². The number of hydrogen-bond acceptors (Lipinski definition) is 4. The van der Waals surface area contributed by atoms with Crippen LogP contribution in [0.2, 0.25) is 0 Å². The Hall–Kier alpha value is -2.24. The first kappa shape index (κ1) is 11.8. The van der Waals surface area contributed by atoms with Crippen LogP contribution in [0, 0.1) is 10.1 Å². The van der Waals surface area contributed by atoms with Crippen molar-refractivity contribution in [3.63, 3.8) is 0 Å². The Morgan fingerprint density at radius 2 is 2.44 bits per heavy atom. The highest BCUT2D eigenvalue weighted by atomic mass is 16.6. The first-order valence-electron chi connectivity index (χ1n) is 4.61. The molecular weight excluding hydrogens is 210 g/mol. The van der Waals surface area contributed by atoms with Crippen LogP contribution in [0.1, 0.15) is 12.5 Å². The van der Waals surface area contributed by atoms with Crippen LogP contribution in [-0.2, 0) is 4.79 Å². The van der Waals surface area contributed by atoms with Crippen LogP contribution in [0.25, 0.3) is 6.08 Å². The van der Waals surface area contributed by atoms with Crippen molar-refractivity contribution in [2.75, 3.05) is 6.54 Å². The van der Waals surface area contributed by atoms with E-state index in [0.717, 1.165) is 0 Å². The minimum absolute atomic E-state index is 0.148. The molecule has 6 nitrogen and oxygen atoms in total. The number of nitrogens with zero attached hydrogens (tertiary/aromatic N) is 2. The van der Waals surface area contributed by atoms with Gasteiger partial charge < -0.3 is 15.4 Å². The zero-order chi connectivity index (χ0) is 12.0. The fourth-order valence-corrected chi connectivity index (χ4v) is 1.08. The summed E-state index contributed by atoms with van der Waals surface area (Å²) in [5, 5.41) is 13.2. The molecular formula is C10H11N3O3. The maximum Gasteiger partial charge on any atom is 0.370 e. The minimum Gasteiger partial charge on any atom is -0.358 e. The van der Waals surface area contributed by atoms with Crippen molar-refractivity contribution in [3.05, 3.63) is 40.1 Å². The lowest BCUT2D eigenvalue weighted by Gasteiger charge is -1.97. The number of nitrogens with one attached hydrogen (secondary N) is 1. The van der Waals surface area contributed by atoms with E-state index in [1.807, 2.05) is 0 Å². The summed E-state index contributed by atoms with van der Waals surface area (Å²) >= 11 is 0. The Balaban J connectivity index is 2.73. The van der Waals surface area contributed by atoms with Crippen LogP contribution in [0.4, 0.5) is 5.82 Å². The van der Waals surface area contributed by atoms with Crippen LogP contribution < -0.4 is 5.32 Å². The second-order valence-electron chi connectivity index (χ2n) is 3.01. The van der Waals surface area contributed by atoms with Gasteiger partial charge in [-0.05, 0) is 28.1 Å². The molecule has 1 aromatic heterocycles. The van der Waals surface area contributed by atoms with Crippen LogP contribution in [0.3, 0.4) is 0 Å². The minimum atomic E-state index is -0.544. The van der Waals surface area contributed by atoms with Crippen molar-refractivity contribution >= 4 is 17.8 Å². The summed E-state index contributed by atoms with van der Waals surface area (Å²) in [6, 6.07) is 3.21. The first-order chi connectivity index (χ1) is 7.61. The molecule has 0 fully saturated rings. The Kier molecular flexibility index (Phi) is 4.14. The average molecular weight is 221 g/mol. The van der Waals surface area contributed by atoms with Crippen LogP contribution >= 0.6 is 0 Å². The first-order valence-corrected chi connectivity index (χ1v) is 4.61. The van der Waals surface area contributed by atoms with Crippen molar-refractivity contribution in [1.82, 2.24) is 10.3 Å². The quantitative estimate of drug-likeness (QED) is 0.610. The van der Waals surface area contributed by atoms with Gasteiger partial charge in [-0.2, -0.15) is 0 Å². The van der Waals surface area contributed by atoms with Crippen molar-refractivity contribution in [1.29, 1.82) is 0 Å². The van der Waals surface area contributed by atoms with Gasteiger partial charge in [0.1, 0.15) is 6.20 Å². The molecule has 0 aromatic carbocycles. The monoisotopic (exact) mass is 221 g/mol. The Labute approximate surface area is 92.2 Å². The van der Waals surface area contributed by atoms with E-state index in [4.69, 9.17) is 0 Å². The van der Waals surface area contributed by atoms with E-state index in [2.05, 4.69) is 10.3 Å². The van der Waals surface area contributed by atoms with Crippen LogP contribution in [0.15, 0.2) is 24.4 Å². The standard InChI is InChI=1S/C10H11N3O3/c1-8(14)11-6-2-4-9-5-3-7-12-10(9)13(15)16/h2-5,7H,6H2,1H3,(H,11,14). The lowest BCUT2D eigenvalue weighted by atomic mass is 10.2. The molecule has 84 valence electrons. The molecule has 0 spiro atoms. The summed E-state index contributed by atoms with van der Waals surface area (Å²) in [4.78, 5) is 24.3. The van der Waals surface area contributed by atoms with Crippen molar-refractivity contribution in [2.24, 2.45) is 0 Å². The third kappa shape index (κ3) is 3.49. The summed E-state index contributed by atoms with van der Waals surface area (Å²) in [5.41, 5.74) is 0.415. The van der Waals surface area contributed by atoms with Gasteiger partial charge in [0, 0.05) is 13.5 Å². The van der Waals surface area contributed by atoms with Gasteiger partial charge in [0.05, 0.1) is 5.56 Å². The van der Waals surface area contributed by atoms with E-state index >= 15 is 0 Å². The molecule has 1 rings (SSSR count). The summed E-state index contributed by atoms with van der Waals surface area (Å²) in [5.74, 6) is -0.341. The zero-order valence-corrected chi connectivity index (χ0v) is 8.71. The number of carbonyl (C=O) groups is 1. The number of rotatable bonds is 4. The molecule has 0 aliphatic heterocycles. The number of amides is 1. The SMILES string of the molecule is CC(=O)NCC=Cc1cccnc1[N+](=O)[O-]. The third-order valence-electron chi connectivity index (χ3n) is 1.76. The fourth-order valence-electron chi connectivity index (χ4n) is 1.08. The van der Waals surface area contributed by atoms with Gasteiger partial charge >= 0.3 is 5.82 Å². The van der Waals surface area contributed by atoms with Gasteiger partial charge in [-0.15, -0.1) is 0 Å². The van der Waals surface area contributed by atoms with Crippen LogP contribution in [0.5, 0.6) is 0 Å². The molecule has 16 heavy (non-hydrogen) atoms. The topological polar surface area (TPSA) is 85.1 Å². The van der Waals surface area contributed by atoms with E-state index in [-0.39, 0.29) is 11.7 Å². The maximum absolute atomic E-state index is 10.6. The van der Waals surface area contributed by atoms with E-state index in [1.165, 1.54) is 13.1 Å². The van der Waals surface area contributed by atoms with Gasteiger partial charge in [-0.1, -0.05) is 6.08 Å². The Morgan fingerprint density at radius 3 is 3.06 bits per heavy atom. The second-order valence-corrected chi connectivity index (χ2v) is 3.01. The smallest absolute Gasteiger partial charge is 0.358 e. The lowest BCUT2D eigenvalue weighted by molar-refractivity contribution is -0.389. The van der Waals surface area contributed by atoms with Gasteiger partial charge in [0.25, 0.3) is 0 Å². The molecule has 0 saturated heterocycles. The molecule has 6 heteroatoms. The molecule has 0 aliphatic carbocycles. The van der Waals surface area contributed by atoms with E-state index < -0.39 is 4.92 Å². The predicted octanol–water partition coefficient (Wildman–Crippen LogP) is 1.14. The highest BCUT2D eigenvalue weighted by Gasteiger charge is 2.10. The largest absolute Gasteiger partial charge is 0.370 e. The Bertz CT molecular complexity index is 429. The molecule has 1 heterocycles. The van der Waals surface area contributed by atoms with E-state index in [0.29, 0.717) is 12.1 Å². The summed E-state index contributed by atoms with van der Waals surface area (Å²) in [6.07, 6.45) is 4.55. The van der Waals surface area contributed by atoms with Gasteiger partial charge in [-0.25, -0.2) is 0 Å². The molecule has 0 radical (unpaired) electrons. The fraction of sp³-hybridized carbons (Fsp3) is 0.200. The summed E-state index contributed by atoms with van der Waals surface area (Å²) in [6.45, 7) is 1.74. The number of hydrogen-bond donors (Lipinski definition) is 1. The maximum atomic E-state index is 10.6. The van der Waals surface area contributed by atoms with E-state index in [9.17, 15) is 14.9 Å². The van der Waals surface area contributed by atoms with Gasteiger partial charge in [0.2, 0.25) is 5.91 Å². The number of carbonyl (C=O) groups excluding carboxylic acids is 1. The molecule has 0 bridgehead atoms. The molecule has 0 atom stereocenters. The van der Waals surface area contributed by atoms with Crippen LogP contribution in [-0.4, -0.2) is 22.4 Å². The molecule has 1 aromatic rings.